The predicted octanol–water partition coefficient (Wildman–Crippen LogP) is 3.90. The zero-order chi connectivity index (χ0) is 14.6. The first-order chi connectivity index (χ1) is 9.50. The van der Waals surface area contributed by atoms with Gasteiger partial charge in [0, 0.05) is 18.0 Å². The first kappa shape index (κ1) is 15.8. The van der Waals surface area contributed by atoms with E-state index in [1.807, 2.05) is 11.3 Å². The molecule has 1 aromatic heterocycles. The number of nitrogens with one attached hydrogen (secondary N) is 1. The lowest BCUT2D eigenvalue weighted by molar-refractivity contribution is 0.237. The topological polar surface area (TPSA) is 28.2 Å². The van der Waals surface area contributed by atoms with Gasteiger partial charge in [-0.05, 0) is 37.8 Å². The van der Waals surface area contributed by atoms with Crippen LogP contribution in [-0.4, -0.2) is 36.1 Å². The van der Waals surface area contributed by atoms with Crippen LogP contribution in [0.3, 0.4) is 0 Å². The van der Waals surface area contributed by atoms with Crippen LogP contribution in [0.25, 0.3) is 0 Å². The molecule has 1 saturated heterocycles. The van der Waals surface area contributed by atoms with Crippen molar-refractivity contribution < 1.29 is 0 Å². The highest BCUT2D eigenvalue weighted by Gasteiger charge is 2.22. The number of piperidine rings is 1. The lowest BCUT2D eigenvalue weighted by Gasteiger charge is -2.26. The Hall–Kier alpha value is -0.610. The number of hydrogen-bond acceptors (Lipinski definition) is 4. The summed E-state index contributed by atoms with van der Waals surface area (Å²) in [6, 6.07) is 0. The van der Waals surface area contributed by atoms with Gasteiger partial charge in [0.25, 0.3) is 0 Å². The summed E-state index contributed by atoms with van der Waals surface area (Å²) in [5.41, 5.74) is 1.47. The van der Waals surface area contributed by atoms with Crippen LogP contribution in [0.5, 0.6) is 0 Å². The SMILES string of the molecule is CCc1nc(NCCN2CCCCC2)sc1C(C)(C)C. The van der Waals surface area contributed by atoms with Gasteiger partial charge in [-0.1, -0.05) is 34.1 Å². The standard InChI is InChI=1S/C16H29N3S/c1-5-13-14(16(2,3)4)20-15(18-13)17-9-12-19-10-7-6-8-11-19/h5-12H2,1-4H3,(H,17,18). The van der Waals surface area contributed by atoms with E-state index >= 15 is 0 Å². The normalized spacial score (nSPS) is 17.4. The van der Waals surface area contributed by atoms with Gasteiger partial charge in [0.15, 0.2) is 5.13 Å². The van der Waals surface area contributed by atoms with Gasteiger partial charge in [-0.15, -0.1) is 11.3 Å². The Bertz CT molecular complexity index is 414. The molecule has 0 unspecified atom stereocenters. The number of nitrogens with zero attached hydrogens (tertiary/aromatic N) is 2. The number of anilines is 1. The third kappa shape index (κ3) is 4.19. The number of aromatic nitrogens is 1. The van der Waals surface area contributed by atoms with Gasteiger partial charge in [-0.2, -0.15) is 0 Å². The molecule has 2 heterocycles. The Kier molecular flexibility index (Phi) is 5.44. The maximum atomic E-state index is 4.77. The van der Waals surface area contributed by atoms with E-state index in [0.717, 1.165) is 24.6 Å². The van der Waals surface area contributed by atoms with Gasteiger partial charge in [0.1, 0.15) is 0 Å². The molecule has 0 spiro atoms. The van der Waals surface area contributed by atoms with Gasteiger partial charge in [0.2, 0.25) is 0 Å². The lowest BCUT2D eigenvalue weighted by Crippen LogP contribution is -2.33. The summed E-state index contributed by atoms with van der Waals surface area (Å²) in [6.45, 7) is 13.7. The summed E-state index contributed by atoms with van der Waals surface area (Å²) < 4.78 is 0. The molecule has 0 atom stereocenters. The van der Waals surface area contributed by atoms with E-state index in [1.54, 1.807) is 0 Å². The Labute approximate surface area is 127 Å². The molecule has 0 radical (unpaired) electrons. The quantitative estimate of drug-likeness (QED) is 0.893. The molecule has 2 rings (SSSR count). The number of thiazole rings is 1. The molecule has 20 heavy (non-hydrogen) atoms. The third-order valence-corrected chi connectivity index (χ3v) is 5.35. The lowest BCUT2D eigenvalue weighted by atomic mass is 9.93. The van der Waals surface area contributed by atoms with Gasteiger partial charge < -0.3 is 10.2 Å². The molecule has 1 aliphatic heterocycles. The predicted molar refractivity (Wildman–Crippen MR) is 89.0 cm³/mol. The molecule has 114 valence electrons. The molecule has 4 heteroatoms. The Balaban J connectivity index is 1.88. The molecule has 0 amide bonds. The van der Waals surface area contributed by atoms with Gasteiger partial charge in [0.05, 0.1) is 5.69 Å². The van der Waals surface area contributed by atoms with E-state index in [9.17, 15) is 0 Å². The molecular weight excluding hydrogens is 266 g/mol. The Morgan fingerprint density at radius 3 is 2.45 bits per heavy atom. The molecular formula is C16H29N3S. The van der Waals surface area contributed by atoms with E-state index < -0.39 is 0 Å². The summed E-state index contributed by atoms with van der Waals surface area (Å²) in [4.78, 5) is 8.76. The van der Waals surface area contributed by atoms with Gasteiger partial charge in [-0.3, -0.25) is 0 Å². The highest BCUT2D eigenvalue weighted by molar-refractivity contribution is 7.15. The zero-order valence-corrected chi connectivity index (χ0v) is 14.3. The summed E-state index contributed by atoms with van der Waals surface area (Å²) >= 11 is 1.84. The van der Waals surface area contributed by atoms with Crippen LogP contribution in [0.1, 0.15) is 57.5 Å². The van der Waals surface area contributed by atoms with Gasteiger partial charge >= 0.3 is 0 Å². The second-order valence-corrected chi connectivity index (χ2v) is 7.73. The van der Waals surface area contributed by atoms with Crippen LogP contribution in [0, 0.1) is 0 Å². The largest absolute Gasteiger partial charge is 0.360 e. The first-order valence-electron chi connectivity index (χ1n) is 7.97. The Morgan fingerprint density at radius 2 is 1.90 bits per heavy atom. The van der Waals surface area contributed by atoms with Crippen LogP contribution in [0.4, 0.5) is 5.13 Å². The van der Waals surface area contributed by atoms with Crippen LogP contribution in [0.2, 0.25) is 0 Å². The van der Waals surface area contributed by atoms with Crippen molar-refractivity contribution >= 4 is 16.5 Å². The fourth-order valence-electron chi connectivity index (χ4n) is 2.76. The zero-order valence-electron chi connectivity index (χ0n) is 13.5. The van der Waals surface area contributed by atoms with Crippen molar-refractivity contribution in [3.05, 3.63) is 10.6 Å². The smallest absolute Gasteiger partial charge is 0.183 e. The average Bonchev–Trinajstić information content (AvgIpc) is 2.83. The molecule has 1 N–H and O–H groups in total. The average molecular weight is 295 g/mol. The highest BCUT2D eigenvalue weighted by atomic mass is 32.1. The third-order valence-electron chi connectivity index (χ3n) is 3.87. The summed E-state index contributed by atoms with van der Waals surface area (Å²) in [5, 5.41) is 4.63. The van der Waals surface area contributed by atoms with Crippen molar-refractivity contribution in [1.29, 1.82) is 0 Å². The maximum Gasteiger partial charge on any atom is 0.183 e. The summed E-state index contributed by atoms with van der Waals surface area (Å²) in [6.07, 6.45) is 5.17. The minimum absolute atomic E-state index is 0.204. The maximum absolute atomic E-state index is 4.77. The summed E-state index contributed by atoms with van der Waals surface area (Å²) in [5.74, 6) is 0. The van der Waals surface area contributed by atoms with Crippen LogP contribution >= 0.6 is 11.3 Å². The molecule has 0 aliphatic carbocycles. The highest BCUT2D eigenvalue weighted by Crippen LogP contribution is 2.34. The van der Waals surface area contributed by atoms with Crippen molar-refractivity contribution in [3.63, 3.8) is 0 Å². The molecule has 0 aromatic carbocycles. The van der Waals surface area contributed by atoms with E-state index in [2.05, 4.69) is 37.9 Å². The van der Waals surface area contributed by atoms with E-state index in [-0.39, 0.29) is 5.41 Å². The van der Waals surface area contributed by atoms with E-state index in [4.69, 9.17) is 4.98 Å². The Morgan fingerprint density at radius 1 is 1.20 bits per heavy atom. The minimum Gasteiger partial charge on any atom is -0.360 e. The van der Waals surface area contributed by atoms with Crippen molar-refractivity contribution in [2.45, 2.75) is 58.8 Å². The molecule has 1 aromatic rings. The number of aryl methyl sites for hydroxylation is 1. The second kappa shape index (κ2) is 6.90. The molecule has 0 bridgehead atoms. The van der Waals surface area contributed by atoms with Crippen molar-refractivity contribution in [2.24, 2.45) is 0 Å². The van der Waals surface area contributed by atoms with E-state index in [1.165, 1.54) is 42.9 Å². The fraction of sp³-hybridized carbons (Fsp3) is 0.812. The number of rotatable bonds is 5. The number of likely N-dealkylation sites (tertiary alicyclic amines) is 1. The van der Waals surface area contributed by atoms with Crippen molar-refractivity contribution in [2.75, 3.05) is 31.5 Å². The molecule has 1 aliphatic rings. The monoisotopic (exact) mass is 295 g/mol. The first-order valence-corrected chi connectivity index (χ1v) is 8.78. The van der Waals surface area contributed by atoms with Crippen molar-refractivity contribution in [3.8, 4) is 0 Å². The van der Waals surface area contributed by atoms with Crippen LogP contribution in [-0.2, 0) is 11.8 Å². The molecule has 0 saturated carbocycles. The van der Waals surface area contributed by atoms with Gasteiger partial charge in [-0.25, -0.2) is 4.98 Å². The van der Waals surface area contributed by atoms with Crippen LogP contribution in [0.15, 0.2) is 0 Å². The minimum atomic E-state index is 0.204. The van der Waals surface area contributed by atoms with Crippen molar-refractivity contribution in [1.82, 2.24) is 9.88 Å². The fourth-order valence-corrected chi connectivity index (χ4v) is 3.89. The van der Waals surface area contributed by atoms with E-state index in [0.29, 0.717) is 0 Å². The van der Waals surface area contributed by atoms with Crippen LogP contribution < -0.4 is 5.32 Å². The summed E-state index contributed by atoms with van der Waals surface area (Å²) in [7, 11) is 0. The second-order valence-electron chi connectivity index (χ2n) is 6.73. The number of hydrogen-bond donors (Lipinski definition) is 1. The molecule has 3 nitrogen and oxygen atoms in total. The molecule has 1 fully saturated rings.